The average molecular weight is 277 g/mol. The number of carbonyl (C=O) groups is 1. The number of esters is 1. The molecule has 2 rings (SSSR count). The van der Waals surface area contributed by atoms with Crippen LogP contribution in [0.4, 0.5) is 5.69 Å². The Morgan fingerprint density at radius 1 is 1.42 bits per heavy atom. The lowest BCUT2D eigenvalue weighted by Crippen LogP contribution is -2.15. The number of ether oxygens (including phenoxy) is 2. The summed E-state index contributed by atoms with van der Waals surface area (Å²) in [5.41, 5.74) is 3.13. The molecule has 0 N–H and O–H groups in total. The van der Waals surface area contributed by atoms with Crippen LogP contribution in [0, 0.1) is 0 Å². The molecule has 1 aliphatic carbocycles. The van der Waals surface area contributed by atoms with Gasteiger partial charge in [-0.15, -0.1) is 0 Å². The quantitative estimate of drug-likeness (QED) is 0.472. The average Bonchev–Trinajstić information content (AvgIpc) is 2.88. The predicted octanol–water partition coefficient (Wildman–Crippen LogP) is 2.85. The molecule has 0 amide bonds. The van der Waals surface area contributed by atoms with Crippen molar-refractivity contribution in [3.05, 3.63) is 23.3 Å². The molecule has 0 heterocycles. The third kappa shape index (κ3) is 3.19. The second kappa shape index (κ2) is 6.45. The Bertz CT molecular complexity index is 536. The van der Waals surface area contributed by atoms with Gasteiger partial charge in [0.15, 0.2) is 6.61 Å². The molecule has 100 valence electrons. The molecule has 0 spiro atoms. The molecule has 0 bridgehead atoms. The number of thiocarbonyl (C=S) groups is 1. The Balaban J connectivity index is 2.17. The van der Waals surface area contributed by atoms with Crippen LogP contribution in [0.25, 0.3) is 0 Å². The maximum absolute atomic E-state index is 11.3. The zero-order valence-electron chi connectivity index (χ0n) is 10.8. The monoisotopic (exact) mass is 277 g/mol. The van der Waals surface area contributed by atoms with Gasteiger partial charge in [-0.25, -0.2) is 4.79 Å². The molecule has 0 atom stereocenters. The summed E-state index contributed by atoms with van der Waals surface area (Å²) in [7, 11) is 0. The smallest absolute Gasteiger partial charge is 0.344 e. The van der Waals surface area contributed by atoms with E-state index in [1.54, 1.807) is 6.92 Å². The van der Waals surface area contributed by atoms with Crippen molar-refractivity contribution in [3.63, 3.8) is 0 Å². The molecule has 0 radical (unpaired) electrons. The molecule has 0 saturated carbocycles. The van der Waals surface area contributed by atoms with Crippen molar-refractivity contribution < 1.29 is 14.3 Å². The zero-order chi connectivity index (χ0) is 13.7. The first-order chi connectivity index (χ1) is 9.26. The van der Waals surface area contributed by atoms with Gasteiger partial charge in [0.25, 0.3) is 0 Å². The second-order valence-corrected chi connectivity index (χ2v) is 4.37. The van der Waals surface area contributed by atoms with E-state index in [1.807, 2.05) is 12.1 Å². The SMILES string of the molecule is CCOC(=O)COc1ccc(N=C=S)c2c1CCC2. The molecule has 0 unspecified atom stereocenters. The number of benzene rings is 1. The molecule has 0 aliphatic heterocycles. The van der Waals surface area contributed by atoms with Gasteiger partial charge in [0.05, 0.1) is 17.5 Å². The Kier molecular flexibility index (Phi) is 4.66. The fraction of sp³-hybridized carbons (Fsp3) is 0.429. The van der Waals surface area contributed by atoms with Gasteiger partial charge in [-0.2, -0.15) is 4.99 Å². The third-order valence-electron chi connectivity index (χ3n) is 3.03. The van der Waals surface area contributed by atoms with Gasteiger partial charge < -0.3 is 9.47 Å². The number of hydrogen-bond acceptors (Lipinski definition) is 5. The van der Waals surface area contributed by atoms with E-state index in [4.69, 9.17) is 9.47 Å². The van der Waals surface area contributed by atoms with E-state index in [2.05, 4.69) is 22.4 Å². The Morgan fingerprint density at radius 3 is 2.95 bits per heavy atom. The summed E-state index contributed by atoms with van der Waals surface area (Å²) < 4.78 is 10.4. The van der Waals surface area contributed by atoms with Crippen LogP contribution in [0.3, 0.4) is 0 Å². The van der Waals surface area contributed by atoms with Gasteiger partial charge in [0, 0.05) is 0 Å². The van der Waals surface area contributed by atoms with Crippen molar-refractivity contribution in [1.29, 1.82) is 0 Å². The van der Waals surface area contributed by atoms with Crippen molar-refractivity contribution >= 4 is 29.0 Å². The van der Waals surface area contributed by atoms with Gasteiger partial charge in [-0.3, -0.25) is 0 Å². The van der Waals surface area contributed by atoms with E-state index in [0.29, 0.717) is 6.61 Å². The minimum Gasteiger partial charge on any atom is -0.482 e. The van der Waals surface area contributed by atoms with E-state index < -0.39 is 0 Å². The van der Waals surface area contributed by atoms with E-state index in [1.165, 1.54) is 0 Å². The van der Waals surface area contributed by atoms with Crippen molar-refractivity contribution in [2.45, 2.75) is 26.2 Å². The van der Waals surface area contributed by atoms with Crippen molar-refractivity contribution in [1.82, 2.24) is 0 Å². The molecule has 4 nitrogen and oxygen atoms in total. The van der Waals surface area contributed by atoms with Crippen LogP contribution in [0.15, 0.2) is 17.1 Å². The highest BCUT2D eigenvalue weighted by Crippen LogP contribution is 2.37. The molecule has 5 heteroatoms. The maximum Gasteiger partial charge on any atom is 0.344 e. The van der Waals surface area contributed by atoms with Crippen LogP contribution >= 0.6 is 12.2 Å². The number of fused-ring (bicyclic) bond motifs is 1. The Hall–Kier alpha value is -1.71. The molecule has 1 aromatic rings. The van der Waals surface area contributed by atoms with Crippen LogP contribution in [-0.2, 0) is 22.4 Å². The summed E-state index contributed by atoms with van der Waals surface area (Å²) >= 11 is 4.64. The molecule has 0 aromatic heterocycles. The van der Waals surface area contributed by atoms with Crippen molar-refractivity contribution in [2.75, 3.05) is 13.2 Å². The van der Waals surface area contributed by atoms with Crippen molar-refractivity contribution in [2.24, 2.45) is 4.99 Å². The van der Waals surface area contributed by atoms with Gasteiger partial charge in [0.1, 0.15) is 5.75 Å². The van der Waals surface area contributed by atoms with Crippen molar-refractivity contribution in [3.8, 4) is 5.75 Å². The largest absolute Gasteiger partial charge is 0.482 e. The highest BCUT2D eigenvalue weighted by Gasteiger charge is 2.20. The minimum atomic E-state index is -0.352. The molecular formula is C14H15NO3S. The van der Waals surface area contributed by atoms with Crippen LogP contribution in [0.2, 0.25) is 0 Å². The fourth-order valence-corrected chi connectivity index (χ4v) is 2.38. The van der Waals surface area contributed by atoms with Crippen LogP contribution in [0.5, 0.6) is 5.75 Å². The minimum absolute atomic E-state index is 0.0595. The lowest BCUT2D eigenvalue weighted by atomic mass is 10.1. The summed E-state index contributed by atoms with van der Waals surface area (Å²) in [6.07, 6.45) is 2.96. The van der Waals surface area contributed by atoms with Gasteiger partial charge in [-0.1, -0.05) is 0 Å². The van der Waals surface area contributed by atoms with E-state index in [0.717, 1.165) is 41.8 Å². The molecule has 1 aromatic carbocycles. The van der Waals surface area contributed by atoms with Gasteiger partial charge in [0.2, 0.25) is 0 Å². The third-order valence-corrected chi connectivity index (χ3v) is 3.13. The summed E-state index contributed by atoms with van der Waals surface area (Å²) in [5, 5.41) is 2.39. The predicted molar refractivity (Wildman–Crippen MR) is 75.3 cm³/mol. The molecular weight excluding hydrogens is 262 g/mol. The summed E-state index contributed by atoms with van der Waals surface area (Å²) in [4.78, 5) is 15.4. The highest BCUT2D eigenvalue weighted by atomic mass is 32.1. The van der Waals surface area contributed by atoms with E-state index in [9.17, 15) is 4.79 Å². The van der Waals surface area contributed by atoms with Crippen LogP contribution < -0.4 is 4.74 Å². The van der Waals surface area contributed by atoms with Gasteiger partial charge in [-0.05, 0) is 61.7 Å². The topological polar surface area (TPSA) is 47.9 Å². The molecule has 0 fully saturated rings. The number of rotatable bonds is 5. The number of hydrogen-bond donors (Lipinski definition) is 0. The molecule has 19 heavy (non-hydrogen) atoms. The summed E-state index contributed by atoms with van der Waals surface area (Å²) in [6, 6.07) is 3.68. The van der Waals surface area contributed by atoms with Gasteiger partial charge >= 0.3 is 5.97 Å². The number of carbonyl (C=O) groups excluding carboxylic acids is 1. The number of isothiocyanates is 1. The first kappa shape index (κ1) is 13.7. The first-order valence-corrected chi connectivity index (χ1v) is 6.68. The lowest BCUT2D eigenvalue weighted by Gasteiger charge is -2.11. The van der Waals surface area contributed by atoms with E-state index in [-0.39, 0.29) is 12.6 Å². The normalized spacial score (nSPS) is 12.5. The zero-order valence-corrected chi connectivity index (χ0v) is 11.6. The standard InChI is InChI=1S/C14H15NO3S/c1-2-17-14(16)8-18-13-7-6-12(15-9-19)10-4-3-5-11(10)13/h6-7H,2-5,8H2,1H3. The Morgan fingerprint density at radius 2 is 2.21 bits per heavy atom. The second-order valence-electron chi connectivity index (χ2n) is 4.19. The van der Waals surface area contributed by atoms with Crippen LogP contribution in [-0.4, -0.2) is 24.3 Å². The highest BCUT2D eigenvalue weighted by molar-refractivity contribution is 7.78. The number of nitrogens with zero attached hydrogens (tertiary/aromatic N) is 1. The van der Waals surface area contributed by atoms with Crippen LogP contribution in [0.1, 0.15) is 24.5 Å². The summed E-state index contributed by atoms with van der Waals surface area (Å²) in [6.45, 7) is 2.08. The lowest BCUT2D eigenvalue weighted by molar-refractivity contribution is -0.145. The Labute approximate surface area is 117 Å². The first-order valence-electron chi connectivity index (χ1n) is 6.27. The molecule has 0 saturated heterocycles. The maximum atomic E-state index is 11.3. The fourth-order valence-electron chi connectivity index (χ4n) is 2.28. The number of aliphatic imine (C=N–C) groups is 1. The van der Waals surface area contributed by atoms with E-state index >= 15 is 0 Å². The summed E-state index contributed by atoms with van der Waals surface area (Å²) in [5.74, 6) is 0.388. The molecule has 1 aliphatic rings.